The van der Waals surface area contributed by atoms with E-state index in [0.29, 0.717) is 6.04 Å². The van der Waals surface area contributed by atoms with Crippen LogP contribution in [0.5, 0.6) is 0 Å². The molecule has 0 saturated heterocycles. The molecule has 0 spiro atoms. The maximum absolute atomic E-state index is 4.18. The van der Waals surface area contributed by atoms with Gasteiger partial charge in [0.15, 0.2) is 0 Å². The van der Waals surface area contributed by atoms with E-state index in [4.69, 9.17) is 0 Å². The zero-order chi connectivity index (χ0) is 8.39. The predicted octanol–water partition coefficient (Wildman–Crippen LogP) is 1.75. The minimum Gasteiger partial charge on any atom is -0.351 e. The van der Waals surface area contributed by atoms with Gasteiger partial charge in [-0.15, -0.1) is 0 Å². The molecular weight excluding hydrogens is 150 g/mol. The van der Waals surface area contributed by atoms with Gasteiger partial charge in [0.25, 0.3) is 0 Å². The Labute approximate surface area is 72.2 Å². The number of hydrogen-bond acceptors (Lipinski definition) is 3. The fraction of sp³-hybridized carbons (Fsp3) is 0.556. The second-order valence-corrected chi connectivity index (χ2v) is 3.36. The van der Waals surface area contributed by atoms with E-state index in [1.165, 1.54) is 19.3 Å². The van der Waals surface area contributed by atoms with E-state index in [1.54, 1.807) is 0 Å². The van der Waals surface area contributed by atoms with Crippen molar-refractivity contribution in [2.45, 2.75) is 32.2 Å². The fourth-order valence-corrected chi connectivity index (χ4v) is 1.20. The van der Waals surface area contributed by atoms with Crippen LogP contribution in [0.25, 0.3) is 0 Å². The smallest absolute Gasteiger partial charge is 0.222 e. The van der Waals surface area contributed by atoms with Crippen molar-refractivity contribution in [3.05, 3.63) is 18.0 Å². The molecule has 2 rings (SSSR count). The average molecular weight is 163 g/mol. The Hall–Kier alpha value is -1.12. The molecule has 0 unspecified atom stereocenters. The van der Waals surface area contributed by atoms with E-state index >= 15 is 0 Å². The van der Waals surface area contributed by atoms with Gasteiger partial charge in [-0.05, 0) is 31.7 Å². The molecule has 3 heteroatoms. The zero-order valence-corrected chi connectivity index (χ0v) is 7.25. The van der Waals surface area contributed by atoms with Crippen LogP contribution in [0.3, 0.4) is 0 Å². The normalized spacial score (nSPS) is 17.1. The van der Waals surface area contributed by atoms with Crippen LogP contribution in [0.15, 0.2) is 12.4 Å². The van der Waals surface area contributed by atoms with Gasteiger partial charge >= 0.3 is 0 Å². The molecular formula is C9H13N3. The van der Waals surface area contributed by atoms with Crippen LogP contribution >= 0.6 is 0 Å². The molecule has 1 aromatic rings. The molecule has 1 aliphatic carbocycles. The molecule has 1 heterocycles. The van der Waals surface area contributed by atoms with Crippen molar-refractivity contribution in [1.29, 1.82) is 0 Å². The van der Waals surface area contributed by atoms with Gasteiger partial charge in [-0.25, -0.2) is 9.97 Å². The molecule has 1 aliphatic rings. The van der Waals surface area contributed by atoms with E-state index in [0.717, 1.165) is 11.5 Å². The third kappa shape index (κ3) is 1.55. The van der Waals surface area contributed by atoms with Gasteiger partial charge in [0, 0.05) is 18.4 Å². The van der Waals surface area contributed by atoms with Crippen LogP contribution in [-0.4, -0.2) is 16.0 Å². The molecule has 1 aromatic heterocycles. The second-order valence-electron chi connectivity index (χ2n) is 3.36. The Morgan fingerprint density at radius 2 is 2.00 bits per heavy atom. The Bertz CT molecular complexity index is 251. The summed E-state index contributed by atoms with van der Waals surface area (Å²) in [5.74, 6) is 0.769. The summed E-state index contributed by atoms with van der Waals surface area (Å²) >= 11 is 0. The van der Waals surface area contributed by atoms with Crippen molar-refractivity contribution >= 4 is 5.95 Å². The van der Waals surface area contributed by atoms with E-state index in [2.05, 4.69) is 15.3 Å². The number of hydrogen-bond donors (Lipinski definition) is 1. The SMILES string of the molecule is Cc1cnc(NC2CCC2)nc1. The standard InChI is InChI=1S/C9H13N3/c1-7-5-10-9(11-6-7)12-8-3-2-4-8/h5-6,8H,2-4H2,1H3,(H,10,11,12). The Balaban J connectivity index is 1.98. The number of aromatic nitrogens is 2. The van der Waals surface area contributed by atoms with Crippen LogP contribution in [-0.2, 0) is 0 Å². The van der Waals surface area contributed by atoms with E-state index in [1.807, 2.05) is 19.3 Å². The maximum atomic E-state index is 4.18. The Morgan fingerprint density at radius 1 is 1.33 bits per heavy atom. The lowest BCUT2D eigenvalue weighted by Gasteiger charge is -2.26. The number of aryl methyl sites for hydroxylation is 1. The van der Waals surface area contributed by atoms with Gasteiger partial charge in [-0.2, -0.15) is 0 Å². The monoisotopic (exact) mass is 163 g/mol. The van der Waals surface area contributed by atoms with Gasteiger partial charge in [-0.3, -0.25) is 0 Å². The van der Waals surface area contributed by atoms with Crippen molar-refractivity contribution in [3.63, 3.8) is 0 Å². The molecule has 0 aromatic carbocycles. The summed E-state index contributed by atoms with van der Waals surface area (Å²) in [5, 5.41) is 3.28. The third-order valence-corrected chi connectivity index (χ3v) is 2.22. The van der Waals surface area contributed by atoms with Crippen molar-refractivity contribution in [1.82, 2.24) is 9.97 Å². The van der Waals surface area contributed by atoms with Crippen molar-refractivity contribution < 1.29 is 0 Å². The van der Waals surface area contributed by atoms with Crippen LogP contribution in [0, 0.1) is 6.92 Å². The van der Waals surface area contributed by atoms with Gasteiger partial charge in [0.2, 0.25) is 5.95 Å². The van der Waals surface area contributed by atoms with E-state index in [9.17, 15) is 0 Å². The summed E-state index contributed by atoms with van der Waals surface area (Å²) in [6, 6.07) is 0.618. The molecule has 0 bridgehead atoms. The van der Waals surface area contributed by atoms with Gasteiger partial charge in [-0.1, -0.05) is 0 Å². The Kier molecular flexibility index (Phi) is 1.94. The lowest BCUT2D eigenvalue weighted by molar-refractivity contribution is 0.443. The quantitative estimate of drug-likeness (QED) is 0.721. The number of nitrogens with one attached hydrogen (secondary N) is 1. The average Bonchev–Trinajstić information content (AvgIpc) is 2.00. The maximum Gasteiger partial charge on any atom is 0.222 e. The van der Waals surface area contributed by atoms with Crippen molar-refractivity contribution in [2.75, 3.05) is 5.32 Å². The van der Waals surface area contributed by atoms with E-state index in [-0.39, 0.29) is 0 Å². The van der Waals surface area contributed by atoms with E-state index < -0.39 is 0 Å². The summed E-state index contributed by atoms with van der Waals surface area (Å²) in [7, 11) is 0. The Morgan fingerprint density at radius 3 is 2.50 bits per heavy atom. The molecule has 0 amide bonds. The van der Waals surface area contributed by atoms with Gasteiger partial charge in [0.1, 0.15) is 0 Å². The topological polar surface area (TPSA) is 37.8 Å². The number of nitrogens with zero attached hydrogens (tertiary/aromatic N) is 2. The van der Waals surface area contributed by atoms with Crippen LogP contribution in [0.2, 0.25) is 0 Å². The van der Waals surface area contributed by atoms with Crippen LogP contribution in [0.1, 0.15) is 24.8 Å². The summed E-state index contributed by atoms with van der Waals surface area (Å²) in [6.07, 6.45) is 7.54. The second kappa shape index (κ2) is 3.09. The summed E-state index contributed by atoms with van der Waals surface area (Å²) < 4.78 is 0. The van der Waals surface area contributed by atoms with Gasteiger partial charge in [0.05, 0.1) is 0 Å². The summed E-state index contributed by atoms with van der Waals surface area (Å²) in [6.45, 7) is 1.99. The first-order chi connectivity index (χ1) is 5.84. The molecule has 0 aliphatic heterocycles. The first-order valence-electron chi connectivity index (χ1n) is 4.40. The lowest BCUT2D eigenvalue weighted by Crippen LogP contribution is -2.27. The molecule has 3 nitrogen and oxygen atoms in total. The van der Waals surface area contributed by atoms with Crippen LogP contribution < -0.4 is 5.32 Å². The molecule has 64 valence electrons. The highest BCUT2D eigenvalue weighted by Gasteiger charge is 2.17. The summed E-state index contributed by atoms with van der Waals surface area (Å²) in [5.41, 5.74) is 1.11. The largest absolute Gasteiger partial charge is 0.351 e. The first kappa shape index (κ1) is 7.53. The first-order valence-corrected chi connectivity index (χ1v) is 4.40. The molecule has 1 N–H and O–H groups in total. The molecule has 1 saturated carbocycles. The highest BCUT2D eigenvalue weighted by molar-refractivity contribution is 5.26. The highest BCUT2D eigenvalue weighted by atomic mass is 15.1. The summed E-state index contributed by atoms with van der Waals surface area (Å²) in [4.78, 5) is 8.36. The number of anilines is 1. The lowest BCUT2D eigenvalue weighted by atomic mass is 9.93. The van der Waals surface area contributed by atoms with Crippen molar-refractivity contribution in [2.24, 2.45) is 0 Å². The molecule has 0 radical (unpaired) electrons. The third-order valence-electron chi connectivity index (χ3n) is 2.22. The number of rotatable bonds is 2. The molecule has 1 fully saturated rings. The molecule has 0 atom stereocenters. The highest BCUT2D eigenvalue weighted by Crippen LogP contribution is 2.21. The zero-order valence-electron chi connectivity index (χ0n) is 7.25. The fourth-order valence-electron chi connectivity index (χ4n) is 1.20. The van der Waals surface area contributed by atoms with Crippen LogP contribution in [0.4, 0.5) is 5.95 Å². The van der Waals surface area contributed by atoms with Crippen molar-refractivity contribution in [3.8, 4) is 0 Å². The predicted molar refractivity (Wildman–Crippen MR) is 48.0 cm³/mol. The van der Waals surface area contributed by atoms with Gasteiger partial charge < -0.3 is 5.32 Å². The minimum absolute atomic E-state index is 0.618. The minimum atomic E-state index is 0.618. The molecule has 12 heavy (non-hydrogen) atoms.